The van der Waals surface area contributed by atoms with E-state index in [1.807, 2.05) is 48.5 Å². The number of halogens is 2. The van der Waals surface area contributed by atoms with E-state index in [-0.39, 0.29) is 6.42 Å². The number of hydrogen-bond acceptors (Lipinski definition) is 3. The fraction of sp³-hybridized carbons (Fsp3) is 0.280. The highest BCUT2D eigenvalue weighted by molar-refractivity contribution is 6.31. The van der Waals surface area contributed by atoms with Crippen molar-refractivity contribution in [3.8, 4) is 0 Å². The Labute approximate surface area is 181 Å². The van der Waals surface area contributed by atoms with Crippen LogP contribution in [0.25, 0.3) is 0 Å². The molecule has 0 unspecified atom stereocenters. The van der Waals surface area contributed by atoms with E-state index in [0.29, 0.717) is 29.3 Å². The quantitative estimate of drug-likeness (QED) is 0.615. The summed E-state index contributed by atoms with van der Waals surface area (Å²) in [5.41, 5.74) is 0.784. The van der Waals surface area contributed by atoms with Gasteiger partial charge in [-0.3, -0.25) is 4.90 Å². The summed E-state index contributed by atoms with van der Waals surface area (Å²) < 4.78 is 20.6. The normalized spacial score (nSPS) is 19.4. The SMILES string of the molecule is O[C@](Cc1c(F)cccc1Cl)(c1ccccc1)[C@@H]1CN(Cc2ccccc2)CCO1. The molecule has 5 heteroatoms. The van der Waals surface area contributed by atoms with Crippen LogP contribution in [0.5, 0.6) is 0 Å². The number of benzene rings is 3. The van der Waals surface area contributed by atoms with Crippen molar-refractivity contribution in [3.05, 3.63) is 106 Å². The maximum Gasteiger partial charge on any atom is 0.128 e. The monoisotopic (exact) mass is 425 g/mol. The van der Waals surface area contributed by atoms with Crippen molar-refractivity contribution in [1.82, 2.24) is 4.90 Å². The Kier molecular flexibility index (Phi) is 6.49. The lowest BCUT2D eigenvalue weighted by molar-refractivity contribution is -0.150. The van der Waals surface area contributed by atoms with Crippen LogP contribution < -0.4 is 0 Å². The molecule has 3 aromatic rings. The number of morpholine rings is 1. The number of nitrogens with zero attached hydrogens (tertiary/aromatic N) is 1. The molecule has 1 saturated heterocycles. The van der Waals surface area contributed by atoms with Gasteiger partial charge in [0.25, 0.3) is 0 Å². The first-order chi connectivity index (χ1) is 14.6. The molecule has 0 aromatic heterocycles. The van der Waals surface area contributed by atoms with Crippen LogP contribution in [0.2, 0.25) is 5.02 Å². The van der Waals surface area contributed by atoms with Gasteiger partial charge in [0.15, 0.2) is 0 Å². The van der Waals surface area contributed by atoms with Gasteiger partial charge in [0.05, 0.1) is 6.61 Å². The van der Waals surface area contributed by atoms with Gasteiger partial charge in [-0.15, -0.1) is 0 Å². The second-order valence-corrected chi connectivity index (χ2v) is 8.15. The van der Waals surface area contributed by atoms with E-state index in [1.165, 1.54) is 11.6 Å². The first-order valence-electron chi connectivity index (χ1n) is 10.1. The van der Waals surface area contributed by atoms with Gasteiger partial charge >= 0.3 is 0 Å². The number of ether oxygens (including phenoxy) is 1. The summed E-state index contributed by atoms with van der Waals surface area (Å²) in [6.45, 7) is 2.58. The molecule has 0 saturated carbocycles. The van der Waals surface area contributed by atoms with Crippen LogP contribution in [0.3, 0.4) is 0 Å². The van der Waals surface area contributed by atoms with Crippen molar-refractivity contribution in [2.75, 3.05) is 19.7 Å². The second kappa shape index (κ2) is 9.27. The molecular weight excluding hydrogens is 401 g/mol. The van der Waals surface area contributed by atoms with E-state index in [9.17, 15) is 9.50 Å². The third kappa shape index (κ3) is 4.57. The molecular formula is C25H25ClFNO2. The molecule has 1 aliphatic heterocycles. The summed E-state index contributed by atoms with van der Waals surface area (Å²) in [4.78, 5) is 2.26. The number of hydrogen-bond donors (Lipinski definition) is 1. The van der Waals surface area contributed by atoms with Crippen molar-refractivity contribution in [1.29, 1.82) is 0 Å². The van der Waals surface area contributed by atoms with Crippen LogP contribution in [0.4, 0.5) is 4.39 Å². The molecule has 0 aliphatic carbocycles. The molecule has 1 heterocycles. The number of aliphatic hydroxyl groups is 1. The zero-order chi connectivity index (χ0) is 21.0. The van der Waals surface area contributed by atoms with Crippen molar-refractivity contribution in [3.63, 3.8) is 0 Å². The zero-order valence-corrected chi connectivity index (χ0v) is 17.4. The average Bonchev–Trinajstić information content (AvgIpc) is 2.78. The Morgan fingerprint density at radius 2 is 1.70 bits per heavy atom. The van der Waals surface area contributed by atoms with Crippen molar-refractivity contribution in [2.24, 2.45) is 0 Å². The summed E-state index contributed by atoms with van der Waals surface area (Å²) in [5.74, 6) is -0.422. The highest BCUT2D eigenvalue weighted by Crippen LogP contribution is 2.36. The Bertz CT molecular complexity index is 949. The molecule has 1 fully saturated rings. The molecule has 3 aromatic carbocycles. The van der Waals surface area contributed by atoms with E-state index in [1.54, 1.807) is 12.1 Å². The summed E-state index contributed by atoms with van der Waals surface area (Å²) in [7, 11) is 0. The molecule has 2 atom stereocenters. The Morgan fingerprint density at radius 1 is 1.00 bits per heavy atom. The highest BCUT2D eigenvalue weighted by Gasteiger charge is 2.43. The first kappa shape index (κ1) is 21.0. The van der Waals surface area contributed by atoms with E-state index >= 15 is 0 Å². The average molecular weight is 426 g/mol. The zero-order valence-electron chi connectivity index (χ0n) is 16.7. The summed E-state index contributed by atoms with van der Waals surface area (Å²) in [5, 5.41) is 12.2. The Morgan fingerprint density at radius 3 is 2.40 bits per heavy atom. The Hall–Kier alpha value is -2.24. The molecule has 0 spiro atoms. The lowest BCUT2D eigenvalue weighted by atomic mass is 9.81. The van der Waals surface area contributed by atoms with E-state index < -0.39 is 17.5 Å². The molecule has 0 radical (unpaired) electrons. The molecule has 30 heavy (non-hydrogen) atoms. The van der Waals surface area contributed by atoms with Crippen molar-refractivity contribution >= 4 is 11.6 Å². The van der Waals surface area contributed by atoms with Gasteiger partial charge in [-0.05, 0) is 23.3 Å². The molecule has 1 aliphatic rings. The minimum Gasteiger partial charge on any atom is -0.382 e. The van der Waals surface area contributed by atoms with Crippen LogP contribution in [0, 0.1) is 5.82 Å². The third-order valence-electron chi connectivity index (χ3n) is 5.71. The van der Waals surface area contributed by atoms with Crippen LogP contribution in [-0.4, -0.2) is 35.8 Å². The van der Waals surface area contributed by atoms with Gasteiger partial charge in [-0.25, -0.2) is 4.39 Å². The molecule has 1 N–H and O–H groups in total. The van der Waals surface area contributed by atoms with Gasteiger partial charge in [0.1, 0.15) is 17.5 Å². The molecule has 3 nitrogen and oxygen atoms in total. The maximum absolute atomic E-state index is 14.6. The van der Waals surface area contributed by atoms with E-state index in [0.717, 1.165) is 13.1 Å². The fourth-order valence-corrected chi connectivity index (χ4v) is 4.31. The van der Waals surface area contributed by atoms with Crippen LogP contribution in [-0.2, 0) is 23.3 Å². The maximum atomic E-state index is 14.6. The van der Waals surface area contributed by atoms with Crippen molar-refractivity contribution < 1.29 is 14.2 Å². The first-order valence-corrected chi connectivity index (χ1v) is 10.5. The van der Waals surface area contributed by atoms with Gasteiger partial charge in [0.2, 0.25) is 0 Å². The molecule has 4 rings (SSSR count). The molecule has 156 valence electrons. The van der Waals surface area contributed by atoms with Crippen LogP contribution in [0.15, 0.2) is 78.9 Å². The van der Waals surface area contributed by atoms with Gasteiger partial charge in [-0.2, -0.15) is 0 Å². The van der Waals surface area contributed by atoms with Gasteiger partial charge in [-0.1, -0.05) is 78.3 Å². The standard InChI is InChI=1S/C25H25ClFNO2/c26-22-12-7-13-23(27)21(22)16-25(29,20-10-5-2-6-11-20)24-18-28(14-15-30-24)17-19-8-3-1-4-9-19/h1-13,24,29H,14-18H2/t24-,25+/m0/s1. The van der Waals surface area contributed by atoms with E-state index in [4.69, 9.17) is 16.3 Å². The predicted molar refractivity (Wildman–Crippen MR) is 117 cm³/mol. The predicted octanol–water partition coefficient (Wildman–Crippen LogP) is 4.81. The van der Waals surface area contributed by atoms with Crippen LogP contribution in [0.1, 0.15) is 16.7 Å². The topological polar surface area (TPSA) is 32.7 Å². The fourth-order valence-electron chi connectivity index (χ4n) is 4.08. The lowest BCUT2D eigenvalue weighted by Crippen LogP contribution is -2.53. The van der Waals surface area contributed by atoms with Gasteiger partial charge in [0, 0.05) is 36.6 Å². The third-order valence-corrected chi connectivity index (χ3v) is 6.07. The largest absolute Gasteiger partial charge is 0.382 e. The number of rotatable bonds is 6. The summed E-state index contributed by atoms with van der Waals surface area (Å²) >= 11 is 6.30. The summed E-state index contributed by atoms with van der Waals surface area (Å²) in [6, 6.07) is 24.2. The lowest BCUT2D eigenvalue weighted by Gasteiger charge is -2.42. The van der Waals surface area contributed by atoms with Gasteiger partial charge < -0.3 is 9.84 Å². The minimum absolute atomic E-state index is 0.0341. The molecule has 0 bridgehead atoms. The summed E-state index contributed by atoms with van der Waals surface area (Å²) in [6.07, 6.45) is -0.486. The second-order valence-electron chi connectivity index (χ2n) is 7.75. The minimum atomic E-state index is -1.41. The van der Waals surface area contributed by atoms with E-state index in [2.05, 4.69) is 17.0 Å². The Balaban J connectivity index is 1.64. The molecule has 0 amide bonds. The van der Waals surface area contributed by atoms with Crippen molar-refractivity contribution in [2.45, 2.75) is 24.7 Å². The van der Waals surface area contributed by atoms with Crippen LogP contribution >= 0.6 is 11.6 Å². The highest BCUT2D eigenvalue weighted by atomic mass is 35.5. The smallest absolute Gasteiger partial charge is 0.128 e.